The van der Waals surface area contributed by atoms with Crippen molar-refractivity contribution in [2.75, 3.05) is 39.3 Å². The molecule has 98 heavy (non-hydrogen) atoms. The number of aromatic nitrogens is 9. The smallest absolute Gasteiger partial charge is 0.187 e. The summed E-state index contributed by atoms with van der Waals surface area (Å²) in [7, 11) is -10.1. The third-order valence-electron chi connectivity index (χ3n) is 17.5. The van der Waals surface area contributed by atoms with Crippen LogP contribution in [0.15, 0.2) is 197 Å². The number of benzene rings is 4. The third kappa shape index (κ3) is 14.8. The first kappa shape index (κ1) is 67.4. The molecule has 3 aliphatic heterocycles. The number of thiophene rings is 2. The van der Waals surface area contributed by atoms with Gasteiger partial charge in [-0.1, -0.05) is 88.3 Å². The molecule has 3 aliphatic rings. The van der Waals surface area contributed by atoms with Gasteiger partial charge in [0.05, 0.1) is 92.9 Å². The molecular weight excluding hydrogens is 1340 g/mol. The highest BCUT2D eigenvalue weighted by Gasteiger charge is 2.32. The molecule has 3 atom stereocenters. The van der Waals surface area contributed by atoms with Gasteiger partial charge < -0.3 is 29.5 Å². The molecule has 0 radical (unpaired) electrons. The van der Waals surface area contributed by atoms with Crippen molar-refractivity contribution in [1.82, 2.24) is 61.3 Å². The van der Waals surface area contributed by atoms with Crippen LogP contribution in [0.25, 0.3) is 101 Å². The van der Waals surface area contributed by atoms with E-state index < -0.39 is 29.5 Å². The monoisotopic (exact) mass is 1420 g/mol. The highest BCUT2D eigenvalue weighted by atomic mass is 32.2. The number of sulfone groups is 3. The number of nitrogens with zero attached hydrogens (tertiary/aromatic N) is 9. The summed E-state index contributed by atoms with van der Waals surface area (Å²) in [6.07, 6.45) is 9.74. The Morgan fingerprint density at radius 1 is 0.408 bits per heavy atom. The third-order valence-corrected chi connectivity index (χ3v) is 26.1. The Balaban J connectivity index is 0.000000191. The lowest BCUT2D eigenvalue weighted by Gasteiger charge is -2.22. The molecule has 3 saturated heterocycles. The van der Waals surface area contributed by atoms with Crippen molar-refractivity contribution < 1.29 is 46.0 Å². The summed E-state index contributed by atoms with van der Waals surface area (Å²) in [4.78, 5) is 30.8. The van der Waals surface area contributed by atoms with Crippen LogP contribution in [0.3, 0.4) is 0 Å². The Bertz CT molecular complexity index is 5110. The van der Waals surface area contributed by atoms with Gasteiger partial charge in [0.1, 0.15) is 34.2 Å². The maximum atomic E-state index is 13.0. The summed E-state index contributed by atoms with van der Waals surface area (Å²) in [5.41, 5.74) is 12.7. The lowest BCUT2D eigenvalue weighted by Crippen LogP contribution is -2.38. The molecular formula is C72H80N12O9S5. The van der Waals surface area contributed by atoms with Crippen LogP contribution in [0.1, 0.15) is 68.3 Å². The van der Waals surface area contributed by atoms with E-state index in [0.717, 1.165) is 111 Å². The van der Waals surface area contributed by atoms with Gasteiger partial charge in [0.2, 0.25) is 0 Å². The zero-order chi connectivity index (χ0) is 68.0. The first-order valence-electron chi connectivity index (χ1n) is 32.2. The van der Waals surface area contributed by atoms with Crippen LogP contribution in [0, 0.1) is 27.7 Å². The number of piperidine rings is 3. The zero-order valence-corrected chi connectivity index (χ0v) is 58.2. The molecule has 3 fully saturated rings. The van der Waals surface area contributed by atoms with Gasteiger partial charge in [0.25, 0.3) is 0 Å². The maximum Gasteiger partial charge on any atom is 0.187 e. The molecule has 15 rings (SSSR count). The predicted molar refractivity (Wildman–Crippen MR) is 390 cm³/mol. The van der Waals surface area contributed by atoms with Gasteiger partial charge in [0, 0.05) is 67.2 Å². The van der Waals surface area contributed by atoms with Crippen molar-refractivity contribution >= 4 is 52.2 Å². The molecule has 0 aliphatic carbocycles. The molecule has 8 aromatic heterocycles. The van der Waals surface area contributed by atoms with E-state index in [1.54, 1.807) is 114 Å². The Morgan fingerprint density at radius 3 is 1.15 bits per heavy atom. The highest BCUT2D eigenvalue weighted by molar-refractivity contribution is 7.92. The van der Waals surface area contributed by atoms with E-state index in [-0.39, 0.29) is 22.9 Å². The molecule has 3 unspecified atom stereocenters. The van der Waals surface area contributed by atoms with Crippen molar-refractivity contribution in [3.63, 3.8) is 0 Å². The maximum absolute atomic E-state index is 13.0. The van der Waals surface area contributed by atoms with Gasteiger partial charge >= 0.3 is 0 Å². The Kier molecular flexibility index (Phi) is 20.3. The predicted octanol–water partition coefficient (Wildman–Crippen LogP) is 14.6. The minimum atomic E-state index is -3.36. The van der Waals surface area contributed by atoms with Gasteiger partial charge in [-0.05, 0) is 151 Å². The summed E-state index contributed by atoms with van der Waals surface area (Å²) in [5.74, 6) is 1.63. The first-order chi connectivity index (χ1) is 47.5. The van der Waals surface area contributed by atoms with E-state index in [1.165, 1.54) is 0 Å². The van der Waals surface area contributed by atoms with E-state index in [2.05, 4.69) is 52.4 Å². The summed E-state index contributed by atoms with van der Waals surface area (Å²) < 4.78 is 94.4. The van der Waals surface area contributed by atoms with Crippen LogP contribution in [-0.2, 0) is 29.5 Å². The second-order valence-electron chi connectivity index (χ2n) is 24.2. The first-order valence-corrected chi connectivity index (χ1v) is 38.6. The van der Waals surface area contributed by atoms with Gasteiger partial charge in [-0.25, -0.2) is 40.2 Å². The van der Waals surface area contributed by atoms with Crippen LogP contribution < -0.4 is 16.0 Å². The largest absolute Gasteiger partial charge is 0.354 e. The molecule has 4 aromatic carbocycles. The molecule has 0 spiro atoms. The van der Waals surface area contributed by atoms with Crippen LogP contribution in [0.4, 0.5) is 0 Å². The summed E-state index contributed by atoms with van der Waals surface area (Å²) in [6, 6.07) is 42.0. The van der Waals surface area contributed by atoms with E-state index in [1.807, 2.05) is 99.1 Å². The lowest BCUT2D eigenvalue weighted by atomic mass is 10.1. The van der Waals surface area contributed by atoms with E-state index in [9.17, 15) is 25.3 Å². The Labute approximate surface area is 583 Å². The van der Waals surface area contributed by atoms with E-state index >= 15 is 0 Å². The fraction of sp³-hybridized carbons (Fsp3) is 0.264. The van der Waals surface area contributed by atoms with Crippen molar-refractivity contribution in [1.29, 1.82) is 0 Å². The van der Waals surface area contributed by atoms with Crippen molar-refractivity contribution in [3.05, 3.63) is 192 Å². The van der Waals surface area contributed by atoms with Gasteiger partial charge in [-0.3, -0.25) is 15.0 Å². The summed E-state index contributed by atoms with van der Waals surface area (Å²) in [6.45, 7) is 11.8. The topological polar surface area (TPSA) is 294 Å². The SMILES string of the molecule is Cc1ccsc1-c1cc(-c2nc(-c3ccc(S(=O)(=O)C4CCCNC4)cc3)cnc2C)on1.Cc1ncc(-c2ccc(S(=O)(=O)C3CCCNC3)cc2)nc1-c1cc(-c2ccccc2)no1.Cc1ncc(-c2ccc(S(=O)(=O)C3CCCNC3)cc2)nc1-c1cc(-c2cccs2)no1.[HH].[HH].[HH].[HH].[HH]. The van der Waals surface area contributed by atoms with Gasteiger partial charge in [-0.2, -0.15) is 0 Å². The molecule has 512 valence electrons. The fourth-order valence-corrected chi connectivity index (χ4v) is 18.6. The standard InChI is InChI=1S/C25H24N4O3S.C24H24N4O3S2.C23H22N4O3S2.5H2/c1-17-25(24-14-22(29-32-24)18-6-3-2-4-7-18)28-23(16-27-17)19-9-11-20(12-10-19)33(30,31)21-8-5-13-26-15-21;1-15-9-11-32-24(15)20-12-22(31-28-20)23-16(2)26-14-21(27-23)17-5-7-18(8-6-17)33(29,30)19-4-3-10-25-13-19;1-15-23(21-12-19(27-30-21)22-5-3-11-31-22)26-20(14-25-15)16-6-8-17(9-7-16)32(28,29)18-4-2-10-24-13-18;;;;;/h2-4,6-7,9-12,14,16,21,26H,5,8,13,15H2,1H3;5-9,11-12,14,19,25H,3-4,10,13H2,1-2H3;3,5-9,11-12,14,18,24H,2,4,10,13H2,1H3;5*1H. The Hall–Kier alpha value is -9.12. The summed E-state index contributed by atoms with van der Waals surface area (Å²) in [5, 5.41) is 25.0. The van der Waals surface area contributed by atoms with E-state index in [0.29, 0.717) is 105 Å². The van der Waals surface area contributed by atoms with Crippen LogP contribution in [0.2, 0.25) is 0 Å². The van der Waals surface area contributed by atoms with Gasteiger partial charge in [0.15, 0.2) is 46.8 Å². The number of hydrogen-bond acceptors (Lipinski definition) is 23. The van der Waals surface area contributed by atoms with Gasteiger partial charge in [-0.15, -0.1) is 22.7 Å². The average Bonchev–Trinajstić information content (AvgIpc) is 1.59. The molecule has 12 aromatic rings. The Morgan fingerprint density at radius 2 is 0.786 bits per heavy atom. The van der Waals surface area contributed by atoms with Crippen LogP contribution in [-0.4, -0.2) is 126 Å². The number of hydrogen-bond donors (Lipinski definition) is 3. The molecule has 0 amide bonds. The van der Waals surface area contributed by atoms with Crippen molar-refractivity contribution in [3.8, 4) is 101 Å². The number of rotatable bonds is 15. The lowest BCUT2D eigenvalue weighted by molar-refractivity contribution is 0.433. The number of nitrogens with one attached hydrogen (secondary N) is 3. The molecule has 21 nitrogen and oxygen atoms in total. The molecule has 0 bridgehead atoms. The second-order valence-corrected chi connectivity index (χ2v) is 32.7. The summed E-state index contributed by atoms with van der Waals surface area (Å²) >= 11 is 3.21. The van der Waals surface area contributed by atoms with E-state index in [4.69, 9.17) is 28.5 Å². The van der Waals surface area contributed by atoms with Crippen molar-refractivity contribution in [2.45, 2.75) is 96.7 Å². The molecule has 11 heterocycles. The van der Waals surface area contributed by atoms with Crippen LogP contribution in [0.5, 0.6) is 0 Å². The minimum Gasteiger partial charge on any atom is -0.354 e. The quantitative estimate of drug-likeness (QED) is 0.0859. The fourth-order valence-electron chi connectivity index (χ4n) is 11.9. The highest BCUT2D eigenvalue weighted by Crippen LogP contribution is 2.36. The average molecular weight is 1420 g/mol. The molecule has 0 saturated carbocycles. The molecule has 26 heteroatoms. The molecule has 3 N–H and O–H groups in total. The van der Waals surface area contributed by atoms with Crippen LogP contribution >= 0.6 is 22.7 Å². The van der Waals surface area contributed by atoms with Crippen molar-refractivity contribution in [2.24, 2.45) is 0 Å². The second kappa shape index (κ2) is 29.5. The zero-order valence-electron chi connectivity index (χ0n) is 54.1. The minimum absolute atomic E-state index is 0. The number of aryl methyl sites for hydroxylation is 4. The normalized spacial score (nSPS) is 16.7.